The lowest BCUT2D eigenvalue weighted by atomic mass is 10.0. The molecular formula is C19H17ClN2O4. The maximum atomic E-state index is 12.5. The van der Waals surface area contributed by atoms with Crippen LogP contribution in [0.25, 0.3) is 11.0 Å². The van der Waals surface area contributed by atoms with Crippen LogP contribution in [0.1, 0.15) is 29.5 Å². The maximum Gasteiger partial charge on any atom is 0.287 e. The zero-order valence-electron chi connectivity index (χ0n) is 14.1. The molecule has 1 atom stereocenters. The van der Waals surface area contributed by atoms with Gasteiger partial charge in [-0.3, -0.25) is 14.9 Å². The summed E-state index contributed by atoms with van der Waals surface area (Å²) in [5, 5.41) is 15.0. The summed E-state index contributed by atoms with van der Waals surface area (Å²) in [6.45, 7) is 1.97. The van der Waals surface area contributed by atoms with Gasteiger partial charge in [0.25, 0.3) is 11.6 Å². The highest BCUT2D eigenvalue weighted by Gasteiger charge is 2.17. The fourth-order valence-corrected chi connectivity index (χ4v) is 2.90. The van der Waals surface area contributed by atoms with Gasteiger partial charge in [-0.15, -0.1) is 0 Å². The van der Waals surface area contributed by atoms with Gasteiger partial charge in [-0.05, 0) is 42.7 Å². The van der Waals surface area contributed by atoms with E-state index in [4.69, 9.17) is 16.0 Å². The van der Waals surface area contributed by atoms with Crippen molar-refractivity contribution in [1.29, 1.82) is 0 Å². The molecule has 1 amide bonds. The Morgan fingerprint density at radius 1 is 1.23 bits per heavy atom. The molecule has 0 bridgehead atoms. The van der Waals surface area contributed by atoms with E-state index in [9.17, 15) is 14.9 Å². The van der Waals surface area contributed by atoms with Gasteiger partial charge in [0.15, 0.2) is 5.76 Å². The first kappa shape index (κ1) is 17.9. The van der Waals surface area contributed by atoms with E-state index in [-0.39, 0.29) is 23.4 Å². The minimum Gasteiger partial charge on any atom is -0.451 e. The lowest BCUT2D eigenvalue weighted by molar-refractivity contribution is -0.384. The van der Waals surface area contributed by atoms with E-state index in [0.717, 1.165) is 17.4 Å². The summed E-state index contributed by atoms with van der Waals surface area (Å²) in [7, 11) is 0. The van der Waals surface area contributed by atoms with Crippen LogP contribution >= 0.6 is 11.6 Å². The Hall–Kier alpha value is -2.86. The number of hydrogen-bond donors (Lipinski definition) is 1. The highest BCUT2D eigenvalue weighted by atomic mass is 35.5. The summed E-state index contributed by atoms with van der Waals surface area (Å²) in [5.74, 6) is -0.0736. The molecule has 0 spiro atoms. The van der Waals surface area contributed by atoms with Crippen LogP contribution in [-0.4, -0.2) is 16.9 Å². The highest BCUT2D eigenvalue weighted by molar-refractivity contribution is 6.31. The van der Waals surface area contributed by atoms with Crippen LogP contribution < -0.4 is 5.32 Å². The minimum atomic E-state index is -0.434. The number of carbonyl (C=O) groups is 1. The second-order valence-electron chi connectivity index (χ2n) is 6.00. The third kappa shape index (κ3) is 4.03. The number of amides is 1. The first-order valence-corrected chi connectivity index (χ1v) is 8.57. The highest BCUT2D eigenvalue weighted by Crippen LogP contribution is 2.23. The van der Waals surface area contributed by atoms with Crippen LogP contribution in [0.15, 0.2) is 52.9 Å². The molecule has 0 aliphatic carbocycles. The molecule has 0 saturated heterocycles. The second-order valence-corrected chi connectivity index (χ2v) is 6.44. The van der Waals surface area contributed by atoms with Crippen LogP contribution in [0, 0.1) is 10.1 Å². The number of nitrogens with zero attached hydrogens (tertiary/aromatic N) is 1. The predicted molar refractivity (Wildman–Crippen MR) is 99.6 cm³/mol. The quantitative estimate of drug-likeness (QED) is 0.500. The number of benzene rings is 2. The summed E-state index contributed by atoms with van der Waals surface area (Å²) in [6.07, 6.45) is 1.29. The van der Waals surface area contributed by atoms with Crippen LogP contribution in [0.2, 0.25) is 5.02 Å². The molecule has 1 heterocycles. The third-order valence-electron chi connectivity index (χ3n) is 4.16. The predicted octanol–water partition coefficient (Wildman–Crippen LogP) is 4.75. The van der Waals surface area contributed by atoms with Gasteiger partial charge in [0, 0.05) is 28.6 Å². The molecular weight excluding hydrogens is 356 g/mol. The molecule has 0 fully saturated rings. The third-order valence-corrected chi connectivity index (χ3v) is 4.39. The van der Waals surface area contributed by atoms with E-state index in [0.29, 0.717) is 17.0 Å². The number of nitro groups is 1. The van der Waals surface area contributed by atoms with E-state index in [1.165, 1.54) is 12.1 Å². The summed E-state index contributed by atoms with van der Waals surface area (Å²) in [6, 6.07) is 13.1. The molecule has 0 radical (unpaired) electrons. The van der Waals surface area contributed by atoms with Crippen molar-refractivity contribution in [3.8, 4) is 0 Å². The standard InChI is InChI=1S/C19H17ClN2O4/c1-2-15(9-12-3-6-16(7-4-12)22(24)25)21-19(23)18-11-13-10-14(20)5-8-17(13)26-18/h3-8,10-11,15H,2,9H2,1H3,(H,21,23). The van der Waals surface area contributed by atoms with E-state index in [1.807, 2.05) is 6.92 Å². The summed E-state index contributed by atoms with van der Waals surface area (Å²) < 4.78 is 5.58. The van der Waals surface area contributed by atoms with Crippen molar-refractivity contribution < 1.29 is 14.1 Å². The van der Waals surface area contributed by atoms with E-state index in [2.05, 4.69) is 5.32 Å². The van der Waals surface area contributed by atoms with Gasteiger partial charge in [0.05, 0.1) is 4.92 Å². The monoisotopic (exact) mass is 372 g/mol. The summed E-state index contributed by atoms with van der Waals surface area (Å²) in [4.78, 5) is 22.8. The normalized spacial score (nSPS) is 12.1. The molecule has 1 unspecified atom stereocenters. The van der Waals surface area contributed by atoms with Gasteiger partial charge in [0.2, 0.25) is 0 Å². The number of rotatable bonds is 6. The largest absolute Gasteiger partial charge is 0.451 e. The molecule has 2 aromatic carbocycles. The molecule has 26 heavy (non-hydrogen) atoms. The number of hydrogen-bond acceptors (Lipinski definition) is 4. The van der Waals surface area contributed by atoms with Crippen molar-refractivity contribution in [2.75, 3.05) is 0 Å². The Bertz CT molecular complexity index is 950. The van der Waals surface area contributed by atoms with E-state index >= 15 is 0 Å². The van der Waals surface area contributed by atoms with Crippen molar-refractivity contribution >= 4 is 34.2 Å². The molecule has 6 nitrogen and oxygen atoms in total. The number of nitro benzene ring substituents is 1. The molecule has 7 heteroatoms. The molecule has 3 aromatic rings. The van der Waals surface area contributed by atoms with Gasteiger partial charge in [-0.1, -0.05) is 30.7 Å². The molecule has 3 rings (SSSR count). The maximum absolute atomic E-state index is 12.5. The van der Waals surface area contributed by atoms with Crippen molar-refractivity contribution in [1.82, 2.24) is 5.32 Å². The molecule has 134 valence electrons. The molecule has 0 aliphatic rings. The number of furan rings is 1. The van der Waals surface area contributed by atoms with Crippen LogP contribution in [0.3, 0.4) is 0 Å². The molecule has 0 saturated carbocycles. The average Bonchev–Trinajstić information content (AvgIpc) is 3.04. The van der Waals surface area contributed by atoms with Crippen LogP contribution in [0.5, 0.6) is 0 Å². The fourth-order valence-electron chi connectivity index (χ4n) is 2.72. The van der Waals surface area contributed by atoms with Crippen molar-refractivity contribution in [3.63, 3.8) is 0 Å². The zero-order valence-corrected chi connectivity index (χ0v) is 14.8. The van der Waals surface area contributed by atoms with Gasteiger partial charge >= 0.3 is 0 Å². The van der Waals surface area contributed by atoms with Crippen LogP contribution in [0.4, 0.5) is 5.69 Å². The van der Waals surface area contributed by atoms with Gasteiger partial charge in [-0.2, -0.15) is 0 Å². The Morgan fingerprint density at radius 3 is 2.62 bits per heavy atom. The summed E-state index contributed by atoms with van der Waals surface area (Å²) >= 11 is 5.95. The number of halogens is 1. The van der Waals surface area contributed by atoms with Gasteiger partial charge in [0.1, 0.15) is 5.58 Å². The number of nitrogens with one attached hydrogen (secondary N) is 1. The molecule has 1 N–H and O–H groups in total. The average molecular weight is 373 g/mol. The van der Waals surface area contributed by atoms with Crippen LogP contribution in [-0.2, 0) is 6.42 Å². The number of non-ortho nitro benzene ring substituents is 1. The Kier molecular flexibility index (Phi) is 5.23. The van der Waals surface area contributed by atoms with Crippen molar-refractivity contribution in [3.05, 3.63) is 75.0 Å². The van der Waals surface area contributed by atoms with Gasteiger partial charge < -0.3 is 9.73 Å². The lowest BCUT2D eigenvalue weighted by Crippen LogP contribution is -2.35. The second kappa shape index (κ2) is 7.58. The number of carbonyl (C=O) groups excluding carboxylic acids is 1. The first-order valence-electron chi connectivity index (χ1n) is 8.19. The Labute approximate surface area is 154 Å². The first-order chi connectivity index (χ1) is 12.5. The van der Waals surface area contributed by atoms with Crippen molar-refractivity contribution in [2.24, 2.45) is 0 Å². The van der Waals surface area contributed by atoms with Gasteiger partial charge in [-0.25, -0.2) is 0 Å². The molecule has 1 aromatic heterocycles. The minimum absolute atomic E-state index is 0.0479. The lowest BCUT2D eigenvalue weighted by Gasteiger charge is -2.16. The Balaban J connectivity index is 1.70. The topological polar surface area (TPSA) is 85.4 Å². The summed E-state index contributed by atoms with van der Waals surface area (Å²) in [5.41, 5.74) is 1.56. The Morgan fingerprint density at radius 2 is 1.96 bits per heavy atom. The van der Waals surface area contributed by atoms with E-state index < -0.39 is 4.92 Å². The molecule has 0 aliphatic heterocycles. The zero-order chi connectivity index (χ0) is 18.7. The SMILES string of the molecule is CCC(Cc1ccc([N+](=O)[O-])cc1)NC(=O)c1cc2cc(Cl)ccc2o1. The number of fused-ring (bicyclic) bond motifs is 1. The fraction of sp³-hybridized carbons (Fsp3) is 0.211. The van der Waals surface area contributed by atoms with E-state index in [1.54, 1.807) is 36.4 Å². The van der Waals surface area contributed by atoms with Crippen molar-refractivity contribution in [2.45, 2.75) is 25.8 Å². The smallest absolute Gasteiger partial charge is 0.287 e.